The third-order valence-corrected chi connectivity index (χ3v) is 5.37. The molecule has 0 spiro atoms. The molecular weight excluding hydrogens is 356 g/mol. The van der Waals surface area contributed by atoms with Crippen LogP contribution in [0.4, 0.5) is 8.78 Å². The molecule has 5 heteroatoms. The first-order valence-electron chi connectivity index (χ1n) is 6.39. The molecule has 0 fully saturated rings. The molecule has 1 nitrogen and oxygen atoms in total. The zero-order chi connectivity index (χ0) is 15.0. The highest BCUT2D eigenvalue weighted by Gasteiger charge is 2.18. The van der Waals surface area contributed by atoms with Gasteiger partial charge in [-0.2, -0.15) is 0 Å². The molecule has 1 atom stereocenters. The zero-order valence-corrected chi connectivity index (χ0v) is 13.6. The van der Waals surface area contributed by atoms with Crippen LogP contribution in [0.5, 0.6) is 0 Å². The molecule has 0 saturated carbocycles. The lowest BCUT2D eigenvalue weighted by molar-refractivity contribution is 0.572. The highest BCUT2D eigenvalue weighted by molar-refractivity contribution is 9.10. The molecule has 0 saturated heterocycles. The maximum atomic E-state index is 13.5. The van der Waals surface area contributed by atoms with Crippen molar-refractivity contribution in [3.8, 4) is 0 Å². The quantitative estimate of drug-likeness (QED) is 0.666. The normalized spacial score (nSPS) is 12.8. The van der Waals surface area contributed by atoms with E-state index in [1.165, 1.54) is 12.1 Å². The first-order valence-corrected chi connectivity index (χ1v) is 8.06. The molecule has 2 aromatic carbocycles. The molecule has 108 valence electrons. The Labute approximate surface area is 133 Å². The summed E-state index contributed by atoms with van der Waals surface area (Å²) in [6.07, 6.45) is 0. The number of fused-ring (bicyclic) bond motifs is 1. The molecule has 1 N–H and O–H groups in total. The summed E-state index contributed by atoms with van der Waals surface area (Å²) in [6.45, 7) is 0. The Kier molecular flexibility index (Phi) is 4.06. The molecule has 3 aromatic rings. The van der Waals surface area contributed by atoms with Gasteiger partial charge < -0.3 is 5.32 Å². The monoisotopic (exact) mass is 367 g/mol. The van der Waals surface area contributed by atoms with Crippen LogP contribution in [0.25, 0.3) is 10.1 Å². The van der Waals surface area contributed by atoms with E-state index in [4.69, 9.17) is 0 Å². The average molecular weight is 368 g/mol. The van der Waals surface area contributed by atoms with Crippen molar-refractivity contribution in [1.29, 1.82) is 0 Å². The minimum atomic E-state index is -0.564. The molecule has 0 bridgehead atoms. The van der Waals surface area contributed by atoms with Crippen LogP contribution in [-0.2, 0) is 0 Å². The zero-order valence-electron chi connectivity index (χ0n) is 11.2. The van der Waals surface area contributed by atoms with Crippen LogP contribution in [0.15, 0.2) is 46.3 Å². The van der Waals surface area contributed by atoms with Gasteiger partial charge in [0.05, 0.1) is 6.04 Å². The van der Waals surface area contributed by atoms with Crippen LogP contribution in [0.3, 0.4) is 0 Å². The number of hydrogen-bond donors (Lipinski definition) is 1. The number of benzene rings is 2. The number of halogens is 3. The third-order valence-electron chi connectivity index (χ3n) is 3.40. The van der Waals surface area contributed by atoms with Gasteiger partial charge in [-0.3, -0.25) is 0 Å². The van der Waals surface area contributed by atoms with Crippen LogP contribution >= 0.6 is 27.3 Å². The predicted octanol–water partition coefficient (Wildman–Crippen LogP) is 5.25. The Hall–Kier alpha value is -1.30. The molecule has 21 heavy (non-hydrogen) atoms. The highest BCUT2D eigenvalue weighted by atomic mass is 79.9. The van der Waals surface area contributed by atoms with Gasteiger partial charge in [0.15, 0.2) is 0 Å². The lowest BCUT2D eigenvalue weighted by atomic mass is 9.98. The fourth-order valence-electron chi connectivity index (χ4n) is 2.51. The molecule has 1 heterocycles. The highest BCUT2D eigenvalue weighted by Crippen LogP contribution is 2.37. The van der Waals surface area contributed by atoms with E-state index in [2.05, 4.69) is 21.2 Å². The maximum Gasteiger partial charge on any atom is 0.126 e. The van der Waals surface area contributed by atoms with E-state index in [9.17, 15) is 8.78 Å². The molecule has 0 aliphatic rings. The van der Waals surface area contributed by atoms with Crippen LogP contribution in [0.2, 0.25) is 0 Å². The van der Waals surface area contributed by atoms with Gasteiger partial charge in [-0.1, -0.05) is 12.1 Å². The number of thiophene rings is 1. The van der Waals surface area contributed by atoms with E-state index >= 15 is 0 Å². The average Bonchev–Trinajstić information content (AvgIpc) is 2.84. The van der Waals surface area contributed by atoms with Crippen molar-refractivity contribution in [3.63, 3.8) is 0 Å². The Bertz CT molecular complexity index is 780. The molecule has 0 aliphatic heterocycles. The van der Waals surface area contributed by atoms with Crippen LogP contribution < -0.4 is 5.32 Å². The van der Waals surface area contributed by atoms with Crippen molar-refractivity contribution < 1.29 is 8.78 Å². The minimum absolute atomic E-state index is 0.252. The number of rotatable bonds is 3. The van der Waals surface area contributed by atoms with Gasteiger partial charge in [-0.25, -0.2) is 8.78 Å². The van der Waals surface area contributed by atoms with Gasteiger partial charge in [0.1, 0.15) is 11.6 Å². The van der Waals surface area contributed by atoms with Crippen molar-refractivity contribution in [3.05, 3.63) is 69.0 Å². The summed E-state index contributed by atoms with van der Waals surface area (Å²) < 4.78 is 29.1. The van der Waals surface area contributed by atoms with Crippen LogP contribution in [0, 0.1) is 11.6 Å². The van der Waals surface area contributed by atoms with Crippen LogP contribution in [-0.4, -0.2) is 7.05 Å². The van der Waals surface area contributed by atoms with Gasteiger partial charge >= 0.3 is 0 Å². The molecule has 0 radical (unpaired) electrons. The summed E-state index contributed by atoms with van der Waals surface area (Å²) in [5, 5.41) is 6.25. The van der Waals surface area contributed by atoms with Gasteiger partial charge in [0.25, 0.3) is 0 Å². The van der Waals surface area contributed by atoms with Gasteiger partial charge in [0.2, 0.25) is 0 Å². The standard InChI is InChI=1S/C16H12BrF2NS/c1-20-15(9-5-10(18)7-11(19)6-9)13-8-21-16-12(13)3-2-4-14(16)17/h2-8,15,20H,1H3. The SMILES string of the molecule is CNC(c1cc(F)cc(F)c1)c1csc2c(Br)cccc12. The van der Waals surface area contributed by atoms with Crippen molar-refractivity contribution in [2.24, 2.45) is 0 Å². The largest absolute Gasteiger partial charge is 0.309 e. The number of hydrogen-bond acceptors (Lipinski definition) is 2. The molecule has 3 rings (SSSR count). The van der Waals surface area contributed by atoms with E-state index in [0.29, 0.717) is 5.56 Å². The van der Waals surface area contributed by atoms with E-state index in [-0.39, 0.29) is 6.04 Å². The molecule has 0 aliphatic carbocycles. The van der Waals surface area contributed by atoms with E-state index < -0.39 is 11.6 Å². The first-order chi connectivity index (χ1) is 10.1. The summed E-state index contributed by atoms with van der Waals surface area (Å²) >= 11 is 5.14. The first kappa shape index (κ1) is 14.6. The van der Waals surface area contributed by atoms with Crippen molar-refractivity contribution in [2.75, 3.05) is 7.05 Å². The van der Waals surface area contributed by atoms with Gasteiger partial charge in [-0.05, 0) is 63.1 Å². The third kappa shape index (κ3) is 2.73. The summed E-state index contributed by atoms with van der Waals surface area (Å²) in [7, 11) is 1.79. The molecule has 1 unspecified atom stereocenters. The van der Waals surface area contributed by atoms with E-state index in [1.807, 2.05) is 23.6 Å². The summed E-state index contributed by atoms with van der Waals surface area (Å²) in [6, 6.07) is 9.33. The van der Waals surface area contributed by atoms with Crippen molar-refractivity contribution in [2.45, 2.75) is 6.04 Å². The topological polar surface area (TPSA) is 12.0 Å². The Morgan fingerprint density at radius 1 is 1.14 bits per heavy atom. The van der Waals surface area contributed by atoms with Crippen molar-refractivity contribution in [1.82, 2.24) is 5.32 Å². The Morgan fingerprint density at radius 2 is 1.86 bits per heavy atom. The Morgan fingerprint density at radius 3 is 2.52 bits per heavy atom. The van der Waals surface area contributed by atoms with Crippen molar-refractivity contribution >= 4 is 37.4 Å². The Balaban J connectivity index is 2.16. The molecule has 0 amide bonds. The maximum absolute atomic E-state index is 13.5. The van der Waals surface area contributed by atoms with E-state index in [0.717, 1.165) is 26.2 Å². The van der Waals surface area contributed by atoms with E-state index in [1.54, 1.807) is 18.4 Å². The summed E-state index contributed by atoms with van der Waals surface area (Å²) in [5.74, 6) is -1.13. The lowest BCUT2D eigenvalue weighted by Gasteiger charge is -2.17. The minimum Gasteiger partial charge on any atom is -0.309 e. The second-order valence-corrected chi connectivity index (χ2v) is 6.47. The summed E-state index contributed by atoms with van der Waals surface area (Å²) in [5.41, 5.74) is 1.60. The fraction of sp³-hybridized carbons (Fsp3) is 0.125. The predicted molar refractivity (Wildman–Crippen MR) is 86.8 cm³/mol. The molecule has 1 aromatic heterocycles. The fourth-order valence-corrected chi connectivity index (χ4v) is 4.16. The summed E-state index contributed by atoms with van der Waals surface area (Å²) in [4.78, 5) is 0. The smallest absolute Gasteiger partial charge is 0.126 e. The number of nitrogens with one attached hydrogen (secondary N) is 1. The lowest BCUT2D eigenvalue weighted by Crippen LogP contribution is -2.17. The molecular formula is C16H12BrF2NS. The second kappa shape index (κ2) is 5.83. The van der Waals surface area contributed by atoms with Gasteiger partial charge in [-0.15, -0.1) is 11.3 Å². The van der Waals surface area contributed by atoms with Gasteiger partial charge in [0, 0.05) is 15.2 Å². The second-order valence-electron chi connectivity index (χ2n) is 4.73. The van der Waals surface area contributed by atoms with Crippen LogP contribution in [0.1, 0.15) is 17.2 Å².